The van der Waals surface area contributed by atoms with Gasteiger partial charge >= 0.3 is 0 Å². The van der Waals surface area contributed by atoms with Gasteiger partial charge in [-0.3, -0.25) is 0 Å². The van der Waals surface area contributed by atoms with Crippen LogP contribution in [0.5, 0.6) is 0 Å². The fourth-order valence-electron chi connectivity index (χ4n) is 1.51. The Labute approximate surface area is 78.6 Å². The summed E-state index contributed by atoms with van der Waals surface area (Å²) in [6.07, 6.45) is 5.67. The van der Waals surface area contributed by atoms with Crippen LogP contribution in [0.1, 0.15) is 26.2 Å². The maximum atomic E-state index is 3.98. The summed E-state index contributed by atoms with van der Waals surface area (Å²) in [5, 5.41) is 11.1. The number of hydrogen-bond acceptors (Lipinski definition) is 3. The highest BCUT2D eigenvalue weighted by Crippen LogP contribution is 2.48. The van der Waals surface area contributed by atoms with Crippen LogP contribution in [0.4, 0.5) is 5.82 Å². The average molecular weight is 177 g/mol. The Morgan fingerprint density at radius 1 is 1.54 bits per heavy atom. The van der Waals surface area contributed by atoms with Crippen molar-refractivity contribution in [3.63, 3.8) is 0 Å². The number of anilines is 1. The zero-order chi connectivity index (χ0) is 9.15. The second-order valence-corrected chi connectivity index (χ2v) is 3.82. The molecule has 3 nitrogen and oxygen atoms in total. The van der Waals surface area contributed by atoms with Crippen LogP contribution in [0.25, 0.3) is 0 Å². The van der Waals surface area contributed by atoms with Crippen molar-refractivity contribution in [2.75, 3.05) is 11.9 Å². The minimum atomic E-state index is 0.567. The van der Waals surface area contributed by atoms with Crippen molar-refractivity contribution in [2.24, 2.45) is 5.41 Å². The van der Waals surface area contributed by atoms with Crippen molar-refractivity contribution in [3.05, 3.63) is 18.3 Å². The van der Waals surface area contributed by atoms with E-state index in [2.05, 4.69) is 22.4 Å². The van der Waals surface area contributed by atoms with Gasteiger partial charge in [-0.15, -0.1) is 5.10 Å². The lowest BCUT2D eigenvalue weighted by Crippen LogP contribution is -2.15. The molecule has 1 heterocycles. The average Bonchev–Trinajstić information content (AvgIpc) is 2.97. The van der Waals surface area contributed by atoms with Gasteiger partial charge in [-0.05, 0) is 36.8 Å². The van der Waals surface area contributed by atoms with Gasteiger partial charge in [-0.2, -0.15) is 5.10 Å². The predicted molar refractivity (Wildman–Crippen MR) is 52.5 cm³/mol. The number of rotatable bonds is 4. The highest BCUT2D eigenvalue weighted by atomic mass is 15.2. The van der Waals surface area contributed by atoms with Crippen LogP contribution < -0.4 is 5.32 Å². The molecule has 2 rings (SSSR count). The van der Waals surface area contributed by atoms with Crippen molar-refractivity contribution >= 4 is 5.82 Å². The molecule has 0 radical (unpaired) electrons. The molecule has 3 heteroatoms. The van der Waals surface area contributed by atoms with Crippen molar-refractivity contribution in [2.45, 2.75) is 26.2 Å². The third kappa shape index (κ3) is 1.97. The van der Waals surface area contributed by atoms with Crippen LogP contribution in [0, 0.1) is 5.41 Å². The number of nitrogens with zero attached hydrogens (tertiary/aromatic N) is 2. The molecule has 0 unspecified atom stereocenters. The van der Waals surface area contributed by atoms with Crippen LogP contribution in [-0.4, -0.2) is 16.7 Å². The summed E-state index contributed by atoms with van der Waals surface area (Å²) in [7, 11) is 0. The minimum absolute atomic E-state index is 0.567. The van der Waals surface area contributed by atoms with Crippen LogP contribution in [0.3, 0.4) is 0 Å². The molecule has 70 valence electrons. The van der Waals surface area contributed by atoms with E-state index >= 15 is 0 Å². The molecule has 0 saturated heterocycles. The first-order chi connectivity index (χ1) is 6.35. The summed E-state index contributed by atoms with van der Waals surface area (Å²) < 4.78 is 0. The van der Waals surface area contributed by atoms with Crippen molar-refractivity contribution < 1.29 is 0 Å². The Morgan fingerprint density at radius 2 is 2.38 bits per heavy atom. The number of nitrogens with one attached hydrogen (secondary N) is 1. The second kappa shape index (κ2) is 3.32. The topological polar surface area (TPSA) is 37.8 Å². The standard InChI is InChI=1S/C10H15N3/c1-2-10(5-6-10)8-11-9-4-3-7-12-13-9/h3-4,7H,2,5-6,8H2,1H3,(H,11,13). The molecular weight excluding hydrogens is 162 g/mol. The first-order valence-electron chi connectivity index (χ1n) is 4.86. The molecule has 1 aliphatic rings. The Hall–Kier alpha value is -1.12. The molecule has 0 bridgehead atoms. The Balaban J connectivity index is 1.86. The van der Waals surface area contributed by atoms with Gasteiger partial charge in [0.05, 0.1) is 0 Å². The van der Waals surface area contributed by atoms with E-state index < -0.39 is 0 Å². The highest BCUT2D eigenvalue weighted by Gasteiger charge is 2.40. The molecule has 0 amide bonds. The van der Waals surface area contributed by atoms with Gasteiger partial charge in [0.2, 0.25) is 0 Å². The number of aromatic nitrogens is 2. The lowest BCUT2D eigenvalue weighted by Gasteiger charge is -2.12. The maximum Gasteiger partial charge on any atom is 0.148 e. The molecule has 1 saturated carbocycles. The van der Waals surface area contributed by atoms with E-state index in [1.807, 2.05) is 12.1 Å². The van der Waals surface area contributed by atoms with Crippen LogP contribution in [-0.2, 0) is 0 Å². The molecule has 0 atom stereocenters. The van der Waals surface area contributed by atoms with Gasteiger partial charge in [0.1, 0.15) is 5.82 Å². The Bertz CT molecular complexity index is 267. The summed E-state index contributed by atoms with van der Waals surface area (Å²) in [5.74, 6) is 0.891. The first kappa shape index (κ1) is 8.48. The van der Waals surface area contributed by atoms with Crippen LogP contribution in [0.2, 0.25) is 0 Å². The van der Waals surface area contributed by atoms with E-state index in [-0.39, 0.29) is 0 Å². The summed E-state index contributed by atoms with van der Waals surface area (Å²) in [6.45, 7) is 3.30. The monoisotopic (exact) mass is 177 g/mol. The van der Waals surface area contributed by atoms with Crippen LogP contribution in [0.15, 0.2) is 18.3 Å². The molecule has 1 aromatic rings. The van der Waals surface area contributed by atoms with E-state index in [1.165, 1.54) is 19.3 Å². The molecule has 0 aromatic carbocycles. The Kier molecular flexibility index (Phi) is 2.17. The molecular formula is C10H15N3. The highest BCUT2D eigenvalue weighted by molar-refractivity contribution is 5.32. The zero-order valence-corrected chi connectivity index (χ0v) is 7.95. The summed E-state index contributed by atoms with van der Waals surface area (Å²) in [4.78, 5) is 0. The molecule has 1 aliphatic carbocycles. The quantitative estimate of drug-likeness (QED) is 0.765. The van der Waals surface area contributed by atoms with Crippen LogP contribution >= 0.6 is 0 Å². The van der Waals surface area contributed by atoms with E-state index in [4.69, 9.17) is 0 Å². The SMILES string of the molecule is CCC1(CNc2cccnn2)CC1. The van der Waals surface area contributed by atoms with Gasteiger partial charge in [-0.1, -0.05) is 6.92 Å². The third-order valence-corrected chi connectivity index (χ3v) is 2.92. The molecule has 0 spiro atoms. The van der Waals surface area contributed by atoms with E-state index in [1.54, 1.807) is 6.20 Å². The second-order valence-electron chi connectivity index (χ2n) is 3.82. The normalized spacial score (nSPS) is 18.2. The predicted octanol–water partition coefficient (Wildman–Crippen LogP) is 2.08. The lowest BCUT2D eigenvalue weighted by atomic mass is 10.0. The Morgan fingerprint density at radius 3 is 2.92 bits per heavy atom. The smallest absolute Gasteiger partial charge is 0.148 e. The summed E-state index contributed by atoms with van der Waals surface area (Å²) in [5.41, 5.74) is 0.567. The summed E-state index contributed by atoms with van der Waals surface area (Å²) in [6, 6.07) is 3.86. The minimum Gasteiger partial charge on any atom is -0.368 e. The number of hydrogen-bond donors (Lipinski definition) is 1. The largest absolute Gasteiger partial charge is 0.368 e. The molecule has 1 N–H and O–H groups in total. The molecule has 13 heavy (non-hydrogen) atoms. The maximum absolute atomic E-state index is 3.98. The van der Waals surface area contributed by atoms with Gasteiger partial charge in [0, 0.05) is 12.7 Å². The molecule has 0 aliphatic heterocycles. The van der Waals surface area contributed by atoms with Gasteiger partial charge in [0.15, 0.2) is 0 Å². The van der Waals surface area contributed by atoms with Gasteiger partial charge < -0.3 is 5.32 Å². The van der Waals surface area contributed by atoms with Crippen molar-refractivity contribution in [1.29, 1.82) is 0 Å². The molecule has 1 fully saturated rings. The summed E-state index contributed by atoms with van der Waals surface area (Å²) >= 11 is 0. The first-order valence-corrected chi connectivity index (χ1v) is 4.86. The fraction of sp³-hybridized carbons (Fsp3) is 0.600. The zero-order valence-electron chi connectivity index (χ0n) is 7.95. The fourth-order valence-corrected chi connectivity index (χ4v) is 1.51. The van der Waals surface area contributed by atoms with E-state index in [0.717, 1.165) is 12.4 Å². The van der Waals surface area contributed by atoms with Gasteiger partial charge in [0.25, 0.3) is 0 Å². The van der Waals surface area contributed by atoms with E-state index in [0.29, 0.717) is 5.41 Å². The van der Waals surface area contributed by atoms with Crippen molar-refractivity contribution in [1.82, 2.24) is 10.2 Å². The third-order valence-electron chi connectivity index (χ3n) is 2.92. The van der Waals surface area contributed by atoms with Crippen molar-refractivity contribution in [3.8, 4) is 0 Å². The van der Waals surface area contributed by atoms with E-state index in [9.17, 15) is 0 Å². The molecule has 1 aromatic heterocycles. The lowest BCUT2D eigenvalue weighted by molar-refractivity contribution is 0.520. The van der Waals surface area contributed by atoms with Gasteiger partial charge in [-0.25, -0.2) is 0 Å².